The molecule has 0 bridgehead atoms. The number of unbranched alkanes of at least 4 members (excludes halogenated alkanes) is 25. The highest BCUT2D eigenvalue weighted by molar-refractivity contribution is 5.76. The normalized spacial score (nSPS) is 39.5. The Bertz CT molecular complexity index is 3380. The van der Waals surface area contributed by atoms with Gasteiger partial charge in [0.25, 0.3) is 0 Å². The highest BCUT2D eigenvalue weighted by Crippen LogP contribution is 2.41. The zero-order valence-electron chi connectivity index (χ0n) is 78.9. The fraction of sp³-hybridized carbons (Fsp3) is 0.933. The summed E-state index contributed by atoms with van der Waals surface area (Å²) in [4.78, 5) is 53.1. The molecule has 0 saturated carbocycles. The Balaban J connectivity index is 0.977. The summed E-state index contributed by atoms with van der Waals surface area (Å²) in [5, 5.41) is 261. The molecular formula is C90H160N4O42. The fourth-order valence-electron chi connectivity index (χ4n) is 18.4. The molecule has 792 valence electrons. The number of hydrogen-bond acceptors (Lipinski definition) is 42. The van der Waals surface area contributed by atoms with E-state index in [2.05, 4.69) is 35.1 Å². The minimum atomic E-state index is -2.45. The Morgan fingerprint density at radius 2 is 0.618 bits per heavy atom. The van der Waals surface area contributed by atoms with E-state index in [1.54, 1.807) is 6.08 Å². The van der Waals surface area contributed by atoms with Gasteiger partial charge in [-0.2, -0.15) is 0 Å². The van der Waals surface area contributed by atoms with Gasteiger partial charge in [0.1, 0.15) is 189 Å². The highest BCUT2D eigenvalue weighted by Gasteiger charge is 2.61. The average molecular weight is 1970 g/mol. The van der Waals surface area contributed by atoms with Crippen LogP contribution in [0.2, 0.25) is 0 Å². The minimum absolute atomic E-state index is 0.145. The number of hydrogen-bond donors (Lipinski definition) is 26. The van der Waals surface area contributed by atoms with Crippen LogP contribution in [0.15, 0.2) is 12.2 Å². The number of aliphatic hydroxyl groups is 22. The number of amides is 4. The maximum atomic E-state index is 13.6. The van der Waals surface area contributed by atoms with Gasteiger partial charge < -0.3 is 209 Å². The molecule has 0 aromatic heterocycles. The quantitative estimate of drug-likeness (QED) is 0.0199. The lowest BCUT2D eigenvalue weighted by Crippen LogP contribution is -2.71. The van der Waals surface area contributed by atoms with Gasteiger partial charge in [-0.25, -0.2) is 0 Å². The maximum absolute atomic E-state index is 13.6. The summed E-state index contributed by atoms with van der Waals surface area (Å²) in [5.41, 5.74) is 0. The summed E-state index contributed by atoms with van der Waals surface area (Å²) < 4.78 is 97.2. The van der Waals surface area contributed by atoms with E-state index in [1.165, 1.54) is 110 Å². The molecule has 0 aliphatic carbocycles. The number of nitrogens with one attached hydrogen (secondary N) is 4. The second-order valence-electron chi connectivity index (χ2n) is 37.0. The third-order valence-electron chi connectivity index (χ3n) is 26.3. The summed E-state index contributed by atoms with van der Waals surface area (Å²) in [6.45, 7) is 0.437. The Kier molecular flexibility index (Phi) is 51.9. The van der Waals surface area contributed by atoms with Crippen LogP contribution in [0.25, 0.3) is 0 Å². The monoisotopic (exact) mass is 1970 g/mol. The van der Waals surface area contributed by atoms with E-state index in [1.807, 2.05) is 6.08 Å². The van der Waals surface area contributed by atoms with Crippen LogP contribution in [0, 0.1) is 0 Å². The van der Waals surface area contributed by atoms with Crippen molar-refractivity contribution in [3.8, 4) is 0 Å². The number of aliphatic hydroxyl groups excluding tert-OH is 22. The van der Waals surface area contributed by atoms with Gasteiger partial charge in [-0.05, 0) is 26.2 Å². The third kappa shape index (κ3) is 33.3. The lowest BCUT2D eigenvalue weighted by Gasteiger charge is -2.52. The molecule has 8 saturated heterocycles. The van der Waals surface area contributed by atoms with Gasteiger partial charge in [0.05, 0.1) is 71.1 Å². The van der Waals surface area contributed by atoms with Gasteiger partial charge in [0.15, 0.2) is 50.3 Å². The van der Waals surface area contributed by atoms with Crippen molar-refractivity contribution in [2.45, 2.75) is 479 Å². The lowest BCUT2D eigenvalue weighted by molar-refractivity contribution is -0.401. The standard InChI is InChI=1S/C90H160N4O42/c1-7-9-11-13-15-17-19-21-22-24-26-28-30-32-34-36-58(106)94-49(50(105)35-33-31-29-27-25-23-20-18-16-14-12-10-8-2)44-121-86-73(118)71(116)76(57(43-101)129-86)130-88-74(119)79(66(111)54(40-98)126-88)133-84-60(92-47(5)103)77(64(109)52(38-96)124-84)131-89-75(120)80(67(112)55(41-99)127-89)134-85-61(93-48(6)104)78(65(110)53(39-97)125-85)132-90-82(136-87-72(117)70(115)62(107)45(3)122-87)81(68(113)56(42-100)128-90)135-83-59(91-46(4)102)69(114)63(108)51(37-95)123-83/h33,35,45,49-57,59-90,95-101,105,107-120H,7-32,34,36-44H2,1-6H3,(H,91,102)(H,92,103)(H,93,104)(H,94,106)/b35-33+/t45?,49-,50+,51?,52?,53?,54?,55?,56?,57?,59?,60?,61?,62+,63-,64+,65+,66-,67-,68-,69+,70?,71+,72-,73?,74?,75?,76+,77+,78+,79-,80-,81-,82?,83+,84-,85-,86+,87+,88-,89-,90-/m0/s1. The van der Waals surface area contributed by atoms with E-state index in [4.69, 9.17) is 75.8 Å². The molecule has 0 spiro atoms. The van der Waals surface area contributed by atoms with Gasteiger partial charge in [-0.3, -0.25) is 19.2 Å². The zero-order chi connectivity index (χ0) is 99.6. The predicted molar refractivity (Wildman–Crippen MR) is 469 cm³/mol. The van der Waals surface area contributed by atoms with Crippen LogP contribution in [-0.4, -0.2) is 446 Å². The van der Waals surface area contributed by atoms with Crippen molar-refractivity contribution in [2.24, 2.45) is 0 Å². The molecule has 46 heteroatoms. The number of allylic oxidation sites excluding steroid dienone is 1. The summed E-state index contributed by atoms with van der Waals surface area (Å²) in [7, 11) is 0. The predicted octanol–water partition coefficient (Wildman–Crippen LogP) is -5.60. The Labute approximate surface area is 793 Å². The molecule has 8 aliphatic heterocycles. The van der Waals surface area contributed by atoms with Gasteiger partial charge in [0.2, 0.25) is 23.6 Å². The van der Waals surface area contributed by atoms with Gasteiger partial charge in [0, 0.05) is 27.2 Å². The largest absolute Gasteiger partial charge is 0.394 e. The first kappa shape index (κ1) is 117. The van der Waals surface area contributed by atoms with Crippen LogP contribution in [0.4, 0.5) is 0 Å². The van der Waals surface area contributed by atoms with Crippen molar-refractivity contribution in [2.75, 3.05) is 52.9 Å². The maximum Gasteiger partial charge on any atom is 0.220 e. The zero-order valence-corrected chi connectivity index (χ0v) is 78.9. The summed E-state index contributed by atoms with van der Waals surface area (Å²) in [6, 6.07) is -6.85. The van der Waals surface area contributed by atoms with Crippen molar-refractivity contribution in [3.63, 3.8) is 0 Å². The fourth-order valence-corrected chi connectivity index (χ4v) is 18.4. The van der Waals surface area contributed by atoms with Gasteiger partial charge >= 0.3 is 0 Å². The van der Waals surface area contributed by atoms with Crippen LogP contribution in [0.5, 0.6) is 0 Å². The first-order chi connectivity index (χ1) is 65.1. The number of carbonyl (C=O) groups excluding carboxylic acids is 4. The molecule has 0 aromatic rings. The molecule has 8 heterocycles. The topological polar surface area (TPSA) is 709 Å². The van der Waals surface area contributed by atoms with Crippen molar-refractivity contribution < 1.29 is 207 Å². The van der Waals surface area contributed by atoms with Crippen molar-refractivity contribution in [1.29, 1.82) is 0 Å². The van der Waals surface area contributed by atoms with Gasteiger partial charge in [-0.15, -0.1) is 0 Å². The molecule has 26 N–H and O–H groups in total. The van der Waals surface area contributed by atoms with Crippen LogP contribution in [0.1, 0.15) is 221 Å². The van der Waals surface area contributed by atoms with E-state index in [9.17, 15) is 132 Å². The first-order valence-corrected chi connectivity index (χ1v) is 48.8. The molecule has 8 aliphatic rings. The molecule has 46 nitrogen and oxygen atoms in total. The Morgan fingerprint density at radius 1 is 0.301 bits per heavy atom. The molecular weight excluding hydrogens is 1810 g/mol. The van der Waals surface area contributed by atoms with Crippen molar-refractivity contribution in [1.82, 2.24) is 21.3 Å². The summed E-state index contributed by atoms with van der Waals surface area (Å²) in [5.74, 6) is -3.15. The molecule has 8 rings (SSSR count). The third-order valence-corrected chi connectivity index (χ3v) is 26.3. The van der Waals surface area contributed by atoms with E-state index in [0.29, 0.717) is 12.8 Å². The Hall–Kier alpha value is -3.90. The molecule has 4 amide bonds. The number of ether oxygens (including phenoxy) is 16. The average Bonchev–Trinajstić information content (AvgIpc) is 0.760. The molecule has 42 atom stereocenters. The Morgan fingerprint density at radius 3 is 1.04 bits per heavy atom. The molecule has 0 radical (unpaired) electrons. The SMILES string of the molecule is CCCCCCCCCCCCC/C=C/[C@@H](O)[C@H](CO[C@@H]1OC(CO)[C@@H](O[C@@H]2OC(CO)[C@H](O)[C@H](O[C@@H]3OC(CO)[C@@H](O)[C@H](O[C@@H]4OC(CO)[C@H](O)[C@H](O[C@@H]5OC(CO)[C@@H](O)[C@H](O[C@@H]6OC(CO)[C@H](O)[C@H](O[C@H]7OC(CO)[C@H](O)[C@H](O)C7NC(C)=O)C6O[C@H]6OC(C)[C@@H](O)C(O)[C@@H]6O)C5NC(C)=O)C4O)C3NC(C)=O)C2O)[C@H](O)C1O)NC(=O)CCCCCCCCCCCCCCCCC. The van der Waals surface area contributed by atoms with Crippen LogP contribution in [0.3, 0.4) is 0 Å². The molecule has 8 fully saturated rings. The number of rotatable bonds is 58. The molecule has 0 aromatic carbocycles. The van der Waals surface area contributed by atoms with Crippen molar-refractivity contribution in [3.05, 3.63) is 12.2 Å². The van der Waals surface area contributed by atoms with Crippen LogP contribution < -0.4 is 21.3 Å². The van der Waals surface area contributed by atoms with Crippen molar-refractivity contribution >= 4 is 23.6 Å². The smallest absolute Gasteiger partial charge is 0.220 e. The molecule has 136 heavy (non-hydrogen) atoms. The minimum Gasteiger partial charge on any atom is -0.394 e. The van der Waals surface area contributed by atoms with E-state index in [-0.39, 0.29) is 12.3 Å². The highest BCUT2D eigenvalue weighted by atomic mass is 16.8. The van der Waals surface area contributed by atoms with E-state index in [0.717, 1.165) is 78.6 Å². The second-order valence-corrected chi connectivity index (χ2v) is 37.0. The lowest BCUT2D eigenvalue weighted by atomic mass is 9.93. The van der Waals surface area contributed by atoms with E-state index >= 15 is 0 Å². The summed E-state index contributed by atoms with van der Waals surface area (Å²) >= 11 is 0. The van der Waals surface area contributed by atoms with Gasteiger partial charge in [-0.1, -0.05) is 180 Å². The molecule has 16 unspecified atom stereocenters. The van der Waals surface area contributed by atoms with Crippen LogP contribution in [-0.2, 0) is 95.0 Å². The number of carbonyl (C=O) groups is 4. The summed E-state index contributed by atoms with van der Waals surface area (Å²) in [6.07, 6.45) is -42.9. The van der Waals surface area contributed by atoms with Crippen LogP contribution >= 0.6 is 0 Å². The van der Waals surface area contributed by atoms with E-state index < -0.39 is 328 Å². The first-order valence-electron chi connectivity index (χ1n) is 48.8. The second kappa shape index (κ2) is 60.1.